The Kier molecular flexibility index (Phi) is 5.70. The predicted octanol–water partition coefficient (Wildman–Crippen LogP) is 6.45. The van der Waals surface area contributed by atoms with Crippen LogP contribution in [0.3, 0.4) is 0 Å². The van der Waals surface area contributed by atoms with E-state index in [1.807, 2.05) is 12.1 Å². The second-order valence-electron chi connectivity index (χ2n) is 6.86. The van der Waals surface area contributed by atoms with E-state index in [1.165, 1.54) is 50.7 Å². The molecule has 1 saturated carbocycles. The molecule has 124 valence electrons. The highest BCUT2D eigenvalue weighted by Crippen LogP contribution is 2.31. The summed E-state index contributed by atoms with van der Waals surface area (Å²) in [5.41, 5.74) is 3.20. The molecule has 1 heteroatoms. The van der Waals surface area contributed by atoms with Crippen LogP contribution in [0.15, 0.2) is 48.5 Å². The summed E-state index contributed by atoms with van der Waals surface area (Å²) in [6.07, 6.45) is 7.89. The van der Waals surface area contributed by atoms with E-state index in [9.17, 15) is 4.39 Å². The lowest BCUT2D eigenvalue weighted by Crippen LogP contribution is -2.13. The van der Waals surface area contributed by atoms with Gasteiger partial charge >= 0.3 is 0 Å². The molecule has 0 atom stereocenters. The summed E-state index contributed by atoms with van der Waals surface area (Å²) in [7, 11) is 0. The van der Waals surface area contributed by atoms with Crippen LogP contribution in [-0.2, 0) is 0 Å². The summed E-state index contributed by atoms with van der Waals surface area (Å²) < 4.78 is 13.0. The van der Waals surface area contributed by atoms with Crippen LogP contribution in [0, 0.1) is 29.5 Å². The molecule has 2 aromatic rings. The molecular weight excluding hydrogens is 295 g/mol. The number of halogens is 1. The van der Waals surface area contributed by atoms with Gasteiger partial charge < -0.3 is 0 Å². The smallest absolute Gasteiger partial charge is 0.123 e. The third-order valence-corrected chi connectivity index (χ3v) is 5.03. The van der Waals surface area contributed by atoms with Crippen molar-refractivity contribution in [2.45, 2.75) is 45.4 Å². The maximum Gasteiger partial charge on any atom is 0.123 e. The molecule has 1 aliphatic rings. The standard InChI is InChI=1S/C23H25F/c1-2-3-18-4-6-19(7-5-18)8-9-20-10-12-21(13-11-20)22-14-16-23(24)17-15-22/h10-19H,2-7H2,1H3. The Labute approximate surface area is 145 Å². The first-order valence-corrected chi connectivity index (χ1v) is 9.12. The lowest BCUT2D eigenvalue weighted by atomic mass is 9.80. The molecule has 0 heterocycles. The Morgan fingerprint density at radius 2 is 1.46 bits per heavy atom. The average molecular weight is 320 g/mol. The van der Waals surface area contributed by atoms with Gasteiger partial charge in [-0.05, 0) is 67.0 Å². The third kappa shape index (κ3) is 4.48. The number of benzene rings is 2. The highest BCUT2D eigenvalue weighted by molar-refractivity contribution is 5.64. The molecule has 0 nitrogen and oxygen atoms in total. The van der Waals surface area contributed by atoms with Crippen LogP contribution < -0.4 is 0 Å². The zero-order chi connectivity index (χ0) is 16.8. The Morgan fingerprint density at radius 1 is 0.875 bits per heavy atom. The van der Waals surface area contributed by atoms with Crippen molar-refractivity contribution in [1.29, 1.82) is 0 Å². The van der Waals surface area contributed by atoms with Crippen LogP contribution in [0.2, 0.25) is 0 Å². The highest BCUT2D eigenvalue weighted by Gasteiger charge is 2.18. The van der Waals surface area contributed by atoms with Crippen LogP contribution in [0.4, 0.5) is 4.39 Å². The number of hydrogen-bond donors (Lipinski definition) is 0. The van der Waals surface area contributed by atoms with Gasteiger partial charge in [0.15, 0.2) is 0 Å². The first-order valence-electron chi connectivity index (χ1n) is 9.12. The number of hydrogen-bond acceptors (Lipinski definition) is 0. The largest absolute Gasteiger partial charge is 0.207 e. The van der Waals surface area contributed by atoms with E-state index in [1.54, 1.807) is 0 Å². The van der Waals surface area contributed by atoms with Gasteiger partial charge in [0, 0.05) is 11.5 Å². The van der Waals surface area contributed by atoms with E-state index in [-0.39, 0.29) is 5.82 Å². The fraction of sp³-hybridized carbons (Fsp3) is 0.391. The minimum Gasteiger partial charge on any atom is -0.207 e. The summed E-state index contributed by atoms with van der Waals surface area (Å²) in [5, 5.41) is 0. The van der Waals surface area contributed by atoms with Gasteiger partial charge in [-0.3, -0.25) is 0 Å². The molecule has 0 bridgehead atoms. The van der Waals surface area contributed by atoms with Crippen molar-refractivity contribution >= 4 is 0 Å². The van der Waals surface area contributed by atoms with Crippen molar-refractivity contribution in [1.82, 2.24) is 0 Å². The molecule has 0 aromatic heterocycles. The molecule has 24 heavy (non-hydrogen) atoms. The molecule has 1 fully saturated rings. The zero-order valence-corrected chi connectivity index (χ0v) is 14.4. The summed E-state index contributed by atoms with van der Waals surface area (Å²) in [4.78, 5) is 0. The van der Waals surface area contributed by atoms with Crippen LogP contribution in [-0.4, -0.2) is 0 Å². The molecule has 2 aromatic carbocycles. The molecule has 0 aliphatic heterocycles. The molecule has 0 radical (unpaired) electrons. The Bertz CT molecular complexity index is 692. The van der Waals surface area contributed by atoms with Gasteiger partial charge in [-0.1, -0.05) is 55.9 Å². The first kappa shape index (κ1) is 16.8. The minimum atomic E-state index is -0.199. The Balaban J connectivity index is 1.60. The highest BCUT2D eigenvalue weighted by atomic mass is 19.1. The van der Waals surface area contributed by atoms with E-state index in [2.05, 4.69) is 43.0 Å². The van der Waals surface area contributed by atoms with E-state index in [0.717, 1.165) is 22.6 Å². The lowest BCUT2D eigenvalue weighted by molar-refractivity contribution is 0.300. The second kappa shape index (κ2) is 8.15. The molecule has 0 spiro atoms. The lowest BCUT2D eigenvalue weighted by Gasteiger charge is -2.25. The summed E-state index contributed by atoms with van der Waals surface area (Å²) in [5.74, 6) is 8.11. The fourth-order valence-corrected chi connectivity index (χ4v) is 3.58. The summed E-state index contributed by atoms with van der Waals surface area (Å²) in [6, 6.07) is 14.9. The number of rotatable bonds is 3. The van der Waals surface area contributed by atoms with Crippen molar-refractivity contribution in [3.05, 3.63) is 59.9 Å². The van der Waals surface area contributed by atoms with Crippen LogP contribution in [0.25, 0.3) is 11.1 Å². The quantitative estimate of drug-likeness (QED) is 0.570. The molecule has 0 unspecified atom stereocenters. The molecule has 0 saturated heterocycles. The second-order valence-corrected chi connectivity index (χ2v) is 6.86. The monoisotopic (exact) mass is 320 g/mol. The van der Waals surface area contributed by atoms with Gasteiger partial charge in [-0.2, -0.15) is 0 Å². The van der Waals surface area contributed by atoms with E-state index in [4.69, 9.17) is 0 Å². The zero-order valence-electron chi connectivity index (χ0n) is 14.4. The van der Waals surface area contributed by atoms with Gasteiger partial charge in [0.05, 0.1) is 0 Å². The minimum absolute atomic E-state index is 0.199. The van der Waals surface area contributed by atoms with Crippen molar-refractivity contribution < 1.29 is 4.39 Å². The maximum absolute atomic E-state index is 13.0. The predicted molar refractivity (Wildman–Crippen MR) is 99.1 cm³/mol. The van der Waals surface area contributed by atoms with Gasteiger partial charge in [0.25, 0.3) is 0 Å². The first-order chi connectivity index (χ1) is 11.7. The molecular formula is C23H25F. The van der Waals surface area contributed by atoms with E-state index < -0.39 is 0 Å². The maximum atomic E-state index is 13.0. The van der Waals surface area contributed by atoms with Crippen LogP contribution >= 0.6 is 0 Å². The van der Waals surface area contributed by atoms with Crippen molar-refractivity contribution in [3.63, 3.8) is 0 Å². The van der Waals surface area contributed by atoms with Gasteiger partial charge in [0.1, 0.15) is 5.82 Å². The molecule has 0 amide bonds. The fourth-order valence-electron chi connectivity index (χ4n) is 3.58. The normalized spacial score (nSPS) is 20.2. The van der Waals surface area contributed by atoms with E-state index >= 15 is 0 Å². The van der Waals surface area contributed by atoms with Crippen LogP contribution in [0.5, 0.6) is 0 Å². The molecule has 3 rings (SSSR count). The van der Waals surface area contributed by atoms with Gasteiger partial charge in [0.2, 0.25) is 0 Å². The summed E-state index contributed by atoms with van der Waals surface area (Å²) in [6.45, 7) is 2.28. The van der Waals surface area contributed by atoms with Crippen molar-refractivity contribution in [2.75, 3.05) is 0 Å². The SMILES string of the molecule is CCCC1CCC(C#Cc2ccc(-c3ccc(F)cc3)cc2)CC1. The Hall–Kier alpha value is -2.07. The average Bonchev–Trinajstić information content (AvgIpc) is 2.63. The van der Waals surface area contributed by atoms with Gasteiger partial charge in [-0.15, -0.1) is 0 Å². The van der Waals surface area contributed by atoms with Crippen molar-refractivity contribution in [2.24, 2.45) is 11.8 Å². The topological polar surface area (TPSA) is 0 Å². The molecule has 0 N–H and O–H groups in total. The molecule has 1 aliphatic carbocycles. The van der Waals surface area contributed by atoms with Crippen LogP contribution in [0.1, 0.15) is 51.0 Å². The third-order valence-electron chi connectivity index (χ3n) is 5.03. The Morgan fingerprint density at radius 3 is 2.04 bits per heavy atom. The van der Waals surface area contributed by atoms with Gasteiger partial charge in [-0.25, -0.2) is 4.39 Å². The van der Waals surface area contributed by atoms with Crippen molar-refractivity contribution in [3.8, 4) is 23.0 Å². The summed E-state index contributed by atoms with van der Waals surface area (Å²) >= 11 is 0. The van der Waals surface area contributed by atoms with E-state index in [0.29, 0.717) is 5.92 Å².